The van der Waals surface area contributed by atoms with Gasteiger partial charge in [0.2, 0.25) is 0 Å². The molecule has 3 aromatic carbocycles. The maximum absolute atomic E-state index is 14.5. The molecule has 0 spiro atoms. The molecule has 0 saturated heterocycles. The zero-order chi connectivity index (χ0) is 27.6. The fourth-order valence-corrected chi connectivity index (χ4v) is 7.87. The van der Waals surface area contributed by atoms with Crippen LogP contribution in [0, 0.1) is 31.0 Å². The molecule has 4 aromatic rings. The lowest BCUT2D eigenvalue weighted by Gasteiger charge is -2.36. The normalized spacial score (nSPS) is 19.6. The van der Waals surface area contributed by atoms with Crippen LogP contribution in [0.4, 0.5) is 4.39 Å². The summed E-state index contributed by atoms with van der Waals surface area (Å²) < 4.78 is 28.1. The smallest absolute Gasteiger partial charge is 0.283 e. The minimum Gasteiger partial charge on any atom is -0.489 e. The van der Waals surface area contributed by atoms with Gasteiger partial charge in [0.25, 0.3) is 9.04 Å². The highest BCUT2D eigenvalue weighted by molar-refractivity contribution is 6.80. The highest BCUT2D eigenvalue weighted by atomic mass is 28.3. The molecule has 0 amide bonds. The van der Waals surface area contributed by atoms with Crippen LogP contribution in [0.3, 0.4) is 0 Å². The van der Waals surface area contributed by atoms with E-state index in [9.17, 15) is 4.39 Å². The predicted octanol–water partition coefficient (Wildman–Crippen LogP) is 5.81. The maximum atomic E-state index is 14.5. The third-order valence-electron chi connectivity index (χ3n) is 7.61. The first-order chi connectivity index (χ1) is 18.7. The van der Waals surface area contributed by atoms with Crippen LogP contribution < -0.4 is 15.1 Å². The lowest BCUT2D eigenvalue weighted by molar-refractivity contribution is 0.0575. The van der Waals surface area contributed by atoms with Crippen LogP contribution in [0.25, 0.3) is 0 Å². The Morgan fingerprint density at radius 2 is 1.59 bits per heavy atom. The molecular formula is C33H36FN2O2Si. The van der Waals surface area contributed by atoms with Crippen molar-refractivity contribution in [2.75, 3.05) is 6.61 Å². The van der Waals surface area contributed by atoms with Crippen molar-refractivity contribution < 1.29 is 13.6 Å². The molecule has 0 N–H and O–H groups in total. The quantitative estimate of drug-likeness (QED) is 0.252. The molecule has 0 bridgehead atoms. The first-order valence-corrected chi connectivity index (χ1v) is 14.9. The number of halogens is 1. The summed E-state index contributed by atoms with van der Waals surface area (Å²) >= 11 is 0. The van der Waals surface area contributed by atoms with Gasteiger partial charge in [0.1, 0.15) is 11.6 Å². The second kappa shape index (κ2) is 11.0. The molecule has 4 nitrogen and oxygen atoms in total. The minimum absolute atomic E-state index is 0.0750. The van der Waals surface area contributed by atoms with Crippen molar-refractivity contribution in [1.29, 1.82) is 0 Å². The molecule has 0 aliphatic heterocycles. The molecule has 1 fully saturated rings. The Morgan fingerprint density at radius 1 is 0.949 bits per heavy atom. The first-order valence-electron chi connectivity index (χ1n) is 13.5. The van der Waals surface area contributed by atoms with Gasteiger partial charge in [-0.15, -0.1) is 0 Å². The summed E-state index contributed by atoms with van der Waals surface area (Å²) in [6, 6.07) is 28.0. The predicted molar refractivity (Wildman–Crippen MR) is 155 cm³/mol. The third-order valence-corrected chi connectivity index (χ3v) is 9.81. The van der Waals surface area contributed by atoms with Gasteiger partial charge in [-0.05, 0) is 59.7 Å². The van der Waals surface area contributed by atoms with Crippen LogP contribution in [0.1, 0.15) is 44.3 Å². The van der Waals surface area contributed by atoms with E-state index in [-0.39, 0.29) is 28.7 Å². The van der Waals surface area contributed by atoms with Gasteiger partial charge in [-0.1, -0.05) is 93.6 Å². The Hall–Kier alpha value is -3.35. The second-order valence-electron chi connectivity index (χ2n) is 11.6. The van der Waals surface area contributed by atoms with Crippen LogP contribution in [0.15, 0.2) is 91.1 Å². The van der Waals surface area contributed by atoms with Gasteiger partial charge in [0.05, 0.1) is 24.6 Å². The minimum atomic E-state index is -1.54. The average molecular weight is 540 g/mol. The van der Waals surface area contributed by atoms with E-state index < -0.39 is 9.04 Å². The first kappa shape index (κ1) is 27.2. The van der Waals surface area contributed by atoms with E-state index in [4.69, 9.17) is 9.16 Å². The molecule has 5 rings (SSSR count). The summed E-state index contributed by atoms with van der Waals surface area (Å²) in [5.41, 5.74) is 1.22. The Labute approximate surface area is 233 Å². The third kappa shape index (κ3) is 5.97. The van der Waals surface area contributed by atoms with Gasteiger partial charge < -0.3 is 9.16 Å². The van der Waals surface area contributed by atoms with Gasteiger partial charge in [-0.25, -0.2) is 14.4 Å². The maximum Gasteiger partial charge on any atom is 0.283 e. The van der Waals surface area contributed by atoms with Crippen molar-refractivity contribution in [1.82, 2.24) is 9.97 Å². The van der Waals surface area contributed by atoms with Gasteiger partial charge in [-0.2, -0.15) is 0 Å². The van der Waals surface area contributed by atoms with Gasteiger partial charge in [0.15, 0.2) is 5.75 Å². The summed E-state index contributed by atoms with van der Waals surface area (Å²) in [7, 11) is -1.54. The molecule has 1 aromatic heterocycles. The number of ether oxygens (including phenoxy) is 1. The summed E-state index contributed by atoms with van der Waals surface area (Å²) in [5.74, 6) is 1.28. The number of aryl methyl sites for hydroxylation is 2. The summed E-state index contributed by atoms with van der Waals surface area (Å²) in [5, 5.41) is 2.42. The van der Waals surface area contributed by atoms with Crippen LogP contribution in [-0.4, -0.2) is 31.7 Å². The van der Waals surface area contributed by atoms with Crippen molar-refractivity contribution in [3.05, 3.63) is 114 Å². The average Bonchev–Trinajstić information content (AvgIpc) is 3.64. The zero-order valence-corrected chi connectivity index (χ0v) is 24.3. The molecule has 1 unspecified atom stereocenters. The lowest BCUT2D eigenvalue weighted by atomic mass is 9.82. The molecule has 1 saturated carbocycles. The highest BCUT2D eigenvalue weighted by Gasteiger charge is 2.62. The Morgan fingerprint density at radius 3 is 2.15 bits per heavy atom. The fraction of sp³-hybridized carbons (Fsp3) is 0.333. The van der Waals surface area contributed by atoms with E-state index in [1.54, 1.807) is 18.3 Å². The number of hydrogen-bond donors (Lipinski definition) is 0. The van der Waals surface area contributed by atoms with Gasteiger partial charge in [0, 0.05) is 5.41 Å². The number of nitrogens with zero attached hydrogens (tertiary/aromatic N) is 2. The Kier molecular flexibility index (Phi) is 7.70. The second-order valence-corrected chi connectivity index (χ2v) is 13.6. The monoisotopic (exact) mass is 539 g/mol. The fourth-order valence-electron chi connectivity index (χ4n) is 5.50. The van der Waals surface area contributed by atoms with Crippen LogP contribution in [-0.2, 0) is 9.84 Å². The van der Waals surface area contributed by atoms with Crippen molar-refractivity contribution in [3.8, 4) is 5.75 Å². The summed E-state index contributed by atoms with van der Waals surface area (Å²) in [6.07, 6.45) is 2.51. The zero-order valence-electron chi connectivity index (χ0n) is 23.3. The number of hydrogen-bond acceptors (Lipinski definition) is 4. The molecule has 1 aliphatic rings. The van der Waals surface area contributed by atoms with Crippen LogP contribution >= 0.6 is 0 Å². The molecule has 1 radical (unpaired) electrons. The highest BCUT2D eigenvalue weighted by Crippen LogP contribution is 2.59. The summed E-state index contributed by atoms with van der Waals surface area (Å²) in [4.78, 5) is 8.80. The van der Waals surface area contributed by atoms with Crippen molar-refractivity contribution >= 4 is 19.4 Å². The molecule has 39 heavy (non-hydrogen) atoms. The molecule has 6 heteroatoms. The number of aromatic nitrogens is 2. The number of benzene rings is 3. The van der Waals surface area contributed by atoms with Crippen molar-refractivity contribution in [2.24, 2.45) is 11.3 Å². The molecule has 1 heterocycles. The topological polar surface area (TPSA) is 44.2 Å². The molecule has 201 valence electrons. The standard InChI is InChI=1S/C33H36FN2O2Si/c1-23-30(21-35-24(2)36-23)37-22-33(25-13-12-14-26(34)19-25)20-29(33)31(32(3,4)5)38-39(27-15-8-6-9-16-27)28-17-10-7-11-18-28/h6-19,21,29,31H,20,22H2,1-5H3/t29-,31?,33+/m0/s1. The van der Waals surface area contributed by atoms with Crippen LogP contribution in [0.2, 0.25) is 0 Å². The molecular weight excluding hydrogens is 503 g/mol. The van der Waals surface area contributed by atoms with Crippen molar-refractivity contribution in [3.63, 3.8) is 0 Å². The van der Waals surface area contributed by atoms with E-state index >= 15 is 0 Å². The van der Waals surface area contributed by atoms with E-state index in [1.165, 1.54) is 16.4 Å². The SMILES string of the molecule is Cc1ncc(OC[C@@]2(c3cccc(F)c3)C[C@H]2C(O[Si](c2ccccc2)c2ccccc2)C(C)(C)C)c(C)n1. The Bertz CT molecular complexity index is 1370. The summed E-state index contributed by atoms with van der Waals surface area (Å²) in [6.45, 7) is 10.9. The number of rotatable bonds is 9. The molecule has 1 aliphatic carbocycles. The largest absolute Gasteiger partial charge is 0.489 e. The Balaban J connectivity index is 1.51. The molecule has 3 atom stereocenters. The van der Waals surface area contributed by atoms with E-state index in [0.29, 0.717) is 18.2 Å². The lowest BCUT2D eigenvalue weighted by Crippen LogP contribution is -2.51. The van der Waals surface area contributed by atoms with Gasteiger partial charge >= 0.3 is 0 Å². The van der Waals surface area contributed by atoms with Crippen LogP contribution in [0.5, 0.6) is 5.75 Å². The van der Waals surface area contributed by atoms with Crippen molar-refractivity contribution in [2.45, 2.75) is 52.6 Å². The van der Waals surface area contributed by atoms with E-state index in [2.05, 4.69) is 79.3 Å². The van der Waals surface area contributed by atoms with E-state index in [0.717, 1.165) is 17.7 Å². The van der Waals surface area contributed by atoms with E-state index in [1.807, 2.05) is 32.0 Å². The van der Waals surface area contributed by atoms with Gasteiger partial charge in [-0.3, -0.25) is 0 Å².